The number of benzene rings is 3. The fourth-order valence-corrected chi connectivity index (χ4v) is 4.83. The smallest absolute Gasteiger partial charge is 0.416 e. The number of rotatable bonds is 9. The van der Waals surface area contributed by atoms with E-state index in [1.165, 1.54) is 28.6 Å². The zero-order valence-electron chi connectivity index (χ0n) is 20.6. The molecule has 37 heavy (non-hydrogen) atoms. The first-order valence-electron chi connectivity index (χ1n) is 12.8. The molecule has 0 spiro atoms. The highest BCUT2D eigenvalue weighted by atomic mass is 19.4. The lowest BCUT2D eigenvalue weighted by molar-refractivity contribution is -0.137. The molecule has 1 aromatic heterocycles. The summed E-state index contributed by atoms with van der Waals surface area (Å²) in [5, 5.41) is 1.19. The Morgan fingerprint density at radius 2 is 1.59 bits per heavy atom. The number of nitrogens with zero attached hydrogens (tertiary/aromatic N) is 1. The van der Waals surface area contributed by atoms with Gasteiger partial charge in [0.05, 0.1) is 12.2 Å². The summed E-state index contributed by atoms with van der Waals surface area (Å²) in [6, 6.07) is 21.5. The van der Waals surface area contributed by atoms with Crippen LogP contribution in [0.15, 0.2) is 79.0 Å². The molecular weight excluding hydrogens is 477 g/mol. The maximum Gasteiger partial charge on any atom is 0.416 e. The van der Waals surface area contributed by atoms with Crippen LogP contribution in [0.2, 0.25) is 0 Å². The molecule has 0 bridgehead atoms. The molecule has 1 N–H and O–H groups in total. The normalized spacial score (nSPS) is 15.2. The van der Waals surface area contributed by atoms with E-state index < -0.39 is 11.7 Å². The van der Waals surface area contributed by atoms with Crippen molar-refractivity contribution in [3.8, 4) is 11.5 Å². The molecule has 0 atom stereocenters. The molecule has 2 heterocycles. The predicted octanol–water partition coefficient (Wildman–Crippen LogP) is 6.89. The van der Waals surface area contributed by atoms with Crippen LogP contribution in [0.1, 0.15) is 29.5 Å². The number of hydrogen-bond donors (Lipinski definition) is 1. The second-order valence-corrected chi connectivity index (χ2v) is 9.54. The molecular formula is C30H31F3N2O2. The van der Waals surface area contributed by atoms with E-state index in [1.54, 1.807) is 0 Å². The third kappa shape index (κ3) is 6.66. The van der Waals surface area contributed by atoms with Crippen LogP contribution in [-0.2, 0) is 19.0 Å². The van der Waals surface area contributed by atoms with E-state index in [9.17, 15) is 13.2 Å². The van der Waals surface area contributed by atoms with Crippen LogP contribution in [0.25, 0.3) is 10.9 Å². The van der Waals surface area contributed by atoms with E-state index in [0.29, 0.717) is 12.4 Å². The lowest BCUT2D eigenvalue weighted by Gasteiger charge is -2.32. The van der Waals surface area contributed by atoms with Crippen molar-refractivity contribution in [2.24, 2.45) is 0 Å². The number of hydrogen-bond acceptors (Lipinski definition) is 3. The number of likely N-dealkylation sites (tertiary alicyclic amines) is 1. The highest BCUT2D eigenvalue weighted by Gasteiger charge is 2.30. The predicted molar refractivity (Wildman–Crippen MR) is 139 cm³/mol. The quantitative estimate of drug-likeness (QED) is 0.267. The summed E-state index contributed by atoms with van der Waals surface area (Å²) in [5.41, 5.74) is 2.98. The van der Waals surface area contributed by atoms with Crippen LogP contribution in [0.4, 0.5) is 13.2 Å². The molecule has 1 saturated heterocycles. The molecule has 4 nitrogen and oxygen atoms in total. The van der Waals surface area contributed by atoms with Crippen molar-refractivity contribution in [1.82, 2.24) is 9.88 Å². The van der Waals surface area contributed by atoms with E-state index in [2.05, 4.69) is 40.3 Å². The highest BCUT2D eigenvalue weighted by Crippen LogP contribution is 2.31. The first-order valence-corrected chi connectivity index (χ1v) is 12.8. The average Bonchev–Trinajstić information content (AvgIpc) is 3.31. The second kappa shape index (κ2) is 11.3. The lowest BCUT2D eigenvalue weighted by atomic mass is 10.1. The minimum atomic E-state index is -4.33. The van der Waals surface area contributed by atoms with Crippen LogP contribution in [-0.4, -0.2) is 42.2 Å². The minimum absolute atomic E-state index is 0.0247. The molecule has 1 fully saturated rings. The molecule has 194 valence electrons. The lowest BCUT2D eigenvalue weighted by Crippen LogP contribution is -2.39. The molecule has 7 heteroatoms. The Kier molecular flexibility index (Phi) is 7.70. The van der Waals surface area contributed by atoms with Gasteiger partial charge in [0.2, 0.25) is 0 Å². The van der Waals surface area contributed by atoms with E-state index in [4.69, 9.17) is 9.47 Å². The number of halogens is 3. The molecule has 1 aliphatic heterocycles. The van der Waals surface area contributed by atoms with Gasteiger partial charge in [-0.25, -0.2) is 0 Å². The summed E-state index contributed by atoms with van der Waals surface area (Å²) in [6.07, 6.45) is 1.29. The number of nitrogens with one attached hydrogen (secondary N) is 1. The number of aromatic nitrogens is 1. The van der Waals surface area contributed by atoms with Crippen molar-refractivity contribution in [3.63, 3.8) is 0 Å². The topological polar surface area (TPSA) is 37.5 Å². The van der Waals surface area contributed by atoms with E-state index in [1.807, 2.05) is 24.3 Å². The van der Waals surface area contributed by atoms with Gasteiger partial charge in [-0.3, -0.25) is 0 Å². The standard InChI is InChI=1S/C30H31F3N2O2/c31-30(32,33)24-6-8-25(9-7-24)37-26-13-17-35(18-14-26)16-12-23-21-34-29-11-10-27(20-28(23)29)36-19-15-22-4-2-1-3-5-22/h1-11,20-21,26,34H,12-19H2. The Hall–Kier alpha value is -3.45. The Bertz CT molecular complexity index is 1280. The monoisotopic (exact) mass is 508 g/mol. The fraction of sp³-hybridized carbons (Fsp3) is 0.333. The minimum Gasteiger partial charge on any atom is -0.493 e. The molecule has 1 aliphatic rings. The van der Waals surface area contributed by atoms with E-state index in [-0.39, 0.29) is 6.10 Å². The molecule has 0 unspecified atom stereocenters. The number of fused-ring (bicyclic) bond motifs is 1. The average molecular weight is 509 g/mol. The van der Waals surface area contributed by atoms with Crippen molar-refractivity contribution in [3.05, 3.63) is 95.7 Å². The third-order valence-corrected chi connectivity index (χ3v) is 6.96. The summed E-state index contributed by atoms with van der Waals surface area (Å²) < 4.78 is 50.2. The van der Waals surface area contributed by atoms with Gasteiger partial charge in [0.25, 0.3) is 0 Å². The summed E-state index contributed by atoms with van der Waals surface area (Å²) in [4.78, 5) is 5.79. The van der Waals surface area contributed by atoms with Gasteiger partial charge in [-0.2, -0.15) is 13.2 Å². The van der Waals surface area contributed by atoms with Crippen LogP contribution in [0.5, 0.6) is 11.5 Å². The summed E-state index contributed by atoms with van der Waals surface area (Å²) in [5.74, 6) is 1.37. The Morgan fingerprint density at radius 1 is 0.865 bits per heavy atom. The fourth-order valence-electron chi connectivity index (χ4n) is 4.83. The van der Waals surface area contributed by atoms with Gasteiger partial charge < -0.3 is 19.4 Å². The molecule has 0 radical (unpaired) electrons. The number of aromatic amines is 1. The summed E-state index contributed by atoms with van der Waals surface area (Å²) >= 11 is 0. The first-order chi connectivity index (χ1) is 17.9. The summed E-state index contributed by atoms with van der Waals surface area (Å²) in [7, 11) is 0. The van der Waals surface area contributed by atoms with Crippen molar-refractivity contribution in [1.29, 1.82) is 0 Å². The molecule has 5 rings (SSSR count). The highest BCUT2D eigenvalue weighted by molar-refractivity contribution is 5.84. The number of piperidine rings is 1. The second-order valence-electron chi connectivity index (χ2n) is 9.54. The third-order valence-electron chi connectivity index (χ3n) is 6.96. The van der Waals surface area contributed by atoms with Gasteiger partial charge in [-0.15, -0.1) is 0 Å². The van der Waals surface area contributed by atoms with Crippen molar-refractivity contribution in [2.75, 3.05) is 26.2 Å². The van der Waals surface area contributed by atoms with Crippen molar-refractivity contribution < 1.29 is 22.6 Å². The SMILES string of the molecule is FC(F)(F)c1ccc(OC2CCN(CCc3c[nH]c4ccc(OCCc5ccccc5)cc34)CC2)cc1. The largest absolute Gasteiger partial charge is 0.493 e. The van der Waals surface area contributed by atoms with Crippen LogP contribution < -0.4 is 9.47 Å². The zero-order chi connectivity index (χ0) is 25.7. The summed E-state index contributed by atoms with van der Waals surface area (Å²) in [6.45, 7) is 3.39. The van der Waals surface area contributed by atoms with Crippen molar-refractivity contribution >= 4 is 10.9 Å². The first kappa shape index (κ1) is 25.2. The van der Waals surface area contributed by atoms with Crippen LogP contribution in [0, 0.1) is 0 Å². The zero-order valence-corrected chi connectivity index (χ0v) is 20.6. The maximum atomic E-state index is 12.8. The molecule has 4 aromatic rings. The van der Waals surface area contributed by atoms with E-state index in [0.717, 1.165) is 68.7 Å². The van der Waals surface area contributed by atoms with Gasteiger partial charge >= 0.3 is 6.18 Å². The maximum absolute atomic E-state index is 12.8. The molecule has 0 saturated carbocycles. The van der Waals surface area contributed by atoms with Crippen LogP contribution >= 0.6 is 0 Å². The Morgan fingerprint density at radius 3 is 2.32 bits per heavy atom. The number of H-pyrrole nitrogens is 1. The number of alkyl halides is 3. The van der Waals surface area contributed by atoms with Gasteiger partial charge in [-0.05, 0) is 72.9 Å². The van der Waals surface area contributed by atoms with Gasteiger partial charge in [0, 0.05) is 43.2 Å². The van der Waals surface area contributed by atoms with Crippen LogP contribution in [0.3, 0.4) is 0 Å². The Labute approximate surface area is 215 Å². The van der Waals surface area contributed by atoms with Gasteiger partial charge in [-0.1, -0.05) is 30.3 Å². The molecule has 0 amide bonds. The van der Waals surface area contributed by atoms with E-state index >= 15 is 0 Å². The van der Waals surface area contributed by atoms with Gasteiger partial charge in [0.15, 0.2) is 0 Å². The number of ether oxygens (including phenoxy) is 2. The Balaban J connectivity index is 1.09. The van der Waals surface area contributed by atoms with Gasteiger partial charge in [0.1, 0.15) is 17.6 Å². The molecule has 3 aromatic carbocycles. The van der Waals surface area contributed by atoms with Crippen molar-refractivity contribution in [2.45, 2.75) is 38.0 Å². The molecule has 0 aliphatic carbocycles.